The predicted molar refractivity (Wildman–Crippen MR) is 315 cm³/mol. The van der Waals surface area contributed by atoms with Crippen LogP contribution in [0.3, 0.4) is 0 Å². The van der Waals surface area contributed by atoms with Gasteiger partial charge in [0.15, 0.2) is 0 Å². The summed E-state index contributed by atoms with van der Waals surface area (Å²) >= 11 is 5.00. The lowest BCUT2D eigenvalue weighted by Gasteiger charge is -2.34. The molecule has 0 saturated carbocycles. The van der Waals surface area contributed by atoms with E-state index in [0.717, 1.165) is 124 Å². The lowest BCUT2D eigenvalue weighted by atomic mass is 10.1. The van der Waals surface area contributed by atoms with Gasteiger partial charge in [-0.25, -0.2) is 0 Å². The Bertz CT molecular complexity index is 2210. The van der Waals surface area contributed by atoms with E-state index < -0.39 is 11.9 Å². The first-order valence-corrected chi connectivity index (χ1v) is 31.9. The van der Waals surface area contributed by atoms with Gasteiger partial charge in [-0.3, -0.25) is 4.79 Å². The molecule has 0 aliphatic carbocycles. The number of aliphatic carboxylic acids is 1. The second-order valence-corrected chi connectivity index (χ2v) is 23.7. The first-order chi connectivity index (χ1) is 37.3. The highest BCUT2D eigenvalue weighted by Crippen LogP contribution is 2.36. The Labute approximate surface area is 467 Å². The van der Waals surface area contributed by atoms with Crippen LogP contribution in [0.5, 0.6) is 17.2 Å². The van der Waals surface area contributed by atoms with Crippen LogP contribution in [0.25, 0.3) is 31.7 Å². The van der Waals surface area contributed by atoms with E-state index in [4.69, 9.17) is 19.3 Å². The second kappa shape index (κ2) is 35.6. The van der Waals surface area contributed by atoms with Crippen LogP contribution in [0.2, 0.25) is 0 Å². The van der Waals surface area contributed by atoms with Gasteiger partial charge < -0.3 is 19.3 Å². The van der Waals surface area contributed by atoms with E-state index in [1.165, 1.54) is 116 Å². The van der Waals surface area contributed by atoms with Crippen LogP contribution in [-0.2, 0) is 24.1 Å². The number of hydrogen-bond acceptors (Lipinski definition) is 13. The van der Waals surface area contributed by atoms with E-state index in [-0.39, 0.29) is 6.42 Å². The van der Waals surface area contributed by atoms with Gasteiger partial charge in [-0.2, -0.15) is 0 Å². The summed E-state index contributed by atoms with van der Waals surface area (Å²) in [6, 6.07) is 24.1. The quantitative estimate of drug-likeness (QED) is 0.0289. The number of benzene rings is 3. The van der Waals surface area contributed by atoms with Crippen molar-refractivity contribution in [1.29, 1.82) is 0 Å². The minimum Gasteiger partial charge on any atom is -0.481 e. The summed E-state index contributed by atoms with van der Waals surface area (Å²) in [6.07, 6.45) is 36.6. The van der Waals surface area contributed by atoms with Crippen LogP contribution in [0, 0.1) is 0 Å². The largest absolute Gasteiger partial charge is 0.481 e. The van der Waals surface area contributed by atoms with Crippen molar-refractivity contribution in [3.05, 3.63) is 87.8 Å². The van der Waals surface area contributed by atoms with Gasteiger partial charge in [-0.1, -0.05) is 202 Å². The summed E-state index contributed by atoms with van der Waals surface area (Å²) in [5, 5.41) is 42.4. The van der Waals surface area contributed by atoms with Crippen LogP contribution in [-0.4, -0.2) is 47.6 Å². The fourth-order valence-corrected chi connectivity index (χ4v) is 12.0. The van der Waals surface area contributed by atoms with Crippen LogP contribution < -0.4 is 14.2 Å². The molecule has 6 rings (SSSR count). The molecular weight excluding hydrogens is 1000 g/mol. The molecule has 0 amide bonds. The Hall–Kier alpha value is -4.79. The van der Waals surface area contributed by atoms with Crippen LogP contribution in [0.1, 0.15) is 228 Å². The summed E-state index contributed by atoms with van der Waals surface area (Å²) in [5.74, 6) is -0.462. The average Bonchev–Trinajstić information content (AvgIpc) is 4.24. The maximum absolute atomic E-state index is 11.1. The molecule has 0 atom stereocenters. The van der Waals surface area contributed by atoms with Gasteiger partial charge in [0.05, 0.1) is 6.42 Å². The number of aryl methyl sites for hydroxylation is 3. The molecule has 0 fully saturated rings. The second-order valence-electron chi connectivity index (χ2n) is 20.5. The van der Waals surface area contributed by atoms with E-state index in [0.29, 0.717) is 30.1 Å². The number of ether oxygens (including phenoxy) is 3. The molecule has 0 spiro atoms. The molecular formula is C62H88N6O5S3. The van der Waals surface area contributed by atoms with E-state index in [1.54, 1.807) is 34.0 Å². The van der Waals surface area contributed by atoms with Gasteiger partial charge in [0.1, 0.15) is 47.3 Å². The first kappa shape index (κ1) is 60.4. The molecule has 6 aromatic rings. The molecule has 0 aliphatic rings. The highest BCUT2D eigenvalue weighted by atomic mass is 32.1. The van der Waals surface area contributed by atoms with Crippen molar-refractivity contribution in [2.24, 2.45) is 0 Å². The summed E-state index contributed by atoms with van der Waals surface area (Å²) < 4.78 is 21.0. The van der Waals surface area contributed by atoms with E-state index >= 15 is 0 Å². The fourth-order valence-electron chi connectivity index (χ4n) is 9.37. The zero-order chi connectivity index (χ0) is 53.3. The zero-order valence-corrected chi connectivity index (χ0v) is 48.7. The molecule has 414 valence electrons. The van der Waals surface area contributed by atoms with Crippen molar-refractivity contribution in [3.8, 4) is 49.0 Å². The van der Waals surface area contributed by atoms with Crippen molar-refractivity contribution in [2.75, 3.05) is 0 Å². The fraction of sp³-hybridized carbons (Fsp3) is 0.597. The van der Waals surface area contributed by atoms with Gasteiger partial charge in [0.2, 0.25) is 0 Å². The summed E-state index contributed by atoms with van der Waals surface area (Å²) in [6.45, 7) is 6.78. The highest BCUT2D eigenvalue weighted by molar-refractivity contribution is 7.15. The molecule has 3 aromatic heterocycles. The standard InChI is InChI=1S/C62H88N6O5S3/c1-4-7-10-13-17-22-27-32-55-63-66-59(74-55)49-36-42-52(43-37-49)71-62(48-31-26-21-16-20-25-30-35-58(69)70,72-53-44-38-50(39-45-53)60-67-64-56(75-60)33-28-23-18-14-11-8-5-2)73-54-46-40-51(41-47-54)61-68-65-57(76-61)34-29-24-19-15-12-9-6-3/h36-47H,4-35,48H2,1-3H3,(H,69,70). The average molecular weight is 1090 g/mol. The van der Waals surface area contributed by atoms with Gasteiger partial charge in [-0.05, 0) is 105 Å². The lowest BCUT2D eigenvalue weighted by Crippen LogP contribution is -2.48. The summed E-state index contributed by atoms with van der Waals surface area (Å²) in [7, 11) is 0. The Kier molecular flexibility index (Phi) is 28.3. The minimum atomic E-state index is -1.54. The summed E-state index contributed by atoms with van der Waals surface area (Å²) in [4.78, 5) is 11.1. The van der Waals surface area contributed by atoms with E-state index in [9.17, 15) is 4.79 Å². The molecule has 76 heavy (non-hydrogen) atoms. The van der Waals surface area contributed by atoms with Gasteiger partial charge in [-0.15, -0.1) is 30.6 Å². The number of rotatable bonds is 43. The number of unbranched alkanes of at least 4 members (excludes halogenated alkanes) is 24. The SMILES string of the molecule is CCCCCCCCCc1nnc(-c2ccc(OC(CCCCCCCCCC(=O)O)(Oc3ccc(-c4nnc(CCCCCCCCC)s4)cc3)Oc3ccc(-c4nnc(CCCCCCCCC)s4)cc3)cc2)s1. The third-order valence-corrected chi connectivity index (χ3v) is 17.0. The Morgan fingerprint density at radius 1 is 0.382 bits per heavy atom. The van der Waals surface area contributed by atoms with Crippen molar-refractivity contribution in [1.82, 2.24) is 30.6 Å². The Morgan fingerprint density at radius 3 is 0.961 bits per heavy atom. The van der Waals surface area contributed by atoms with E-state index in [2.05, 4.69) is 51.4 Å². The number of carboxylic acid groups (broad SMARTS) is 1. The molecule has 0 unspecified atom stereocenters. The highest BCUT2D eigenvalue weighted by Gasteiger charge is 2.39. The summed E-state index contributed by atoms with van der Waals surface area (Å²) in [5.41, 5.74) is 2.96. The number of hydrogen-bond donors (Lipinski definition) is 1. The van der Waals surface area contributed by atoms with E-state index in [1.807, 2.05) is 72.8 Å². The monoisotopic (exact) mass is 1090 g/mol. The third-order valence-electron chi connectivity index (χ3n) is 13.9. The van der Waals surface area contributed by atoms with Gasteiger partial charge >= 0.3 is 11.9 Å². The van der Waals surface area contributed by atoms with Crippen LogP contribution >= 0.6 is 34.0 Å². The molecule has 0 radical (unpaired) electrons. The zero-order valence-electron chi connectivity index (χ0n) is 46.3. The van der Waals surface area contributed by atoms with Crippen molar-refractivity contribution in [2.45, 2.75) is 239 Å². The number of aromatic nitrogens is 6. The van der Waals surface area contributed by atoms with Gasteiger partial charge in [0.25, 0.3) is 0 Å². The lowest BCUT2D eigenvalue weighted by molar-refractivity contribution is -0.257. The molecule has 0 saturated heterocycles. The van der Waals surface area contributed by atoms with Crippen LogP contribution in [0.15, 0.2) is 72.8 Å². The predicted octanol–water partition coefficient (Wildman–Crippen LogP) is 18.9. The molecule has 11 nitrogen and oxygen atoms in total. The molecule has 3 heterocycles. The van der Waals surface area contributed by atoms with Crippen molar-refractivity contribution < 1.29 is 24.1 Å². The third kappa shape index (κ3) is 22.7. The smallest absolute Gasteiger partial charge is 0.417 e. The molecule has 3 aromatic carbocycles. The first-order valence-electron chi connectivity index (χ1n) is 29.4. The normalized spacial score (nSPS) is 11.6. The van der Waals surface area contributed by atoms with Crippen molar-refractivity contribution >= 4 is 40.0 Å². The van der Waals surface area contributed by atoms with Crippen molar-refractivity contribution in [3.63, 3.8) is 0 Å². The molecule has 0 aliphatic heterocycles. The maximum atomic E-state index is 11.1. The van der Waals surface area contributed by atoms with Gasteiger partial charge in [0, 0.05) is 42.4 Å². The molecule has 14 heteroatoms. The minimum absolute atomic E-state index is 0.223. The number of nitrogens with zero attached hydrogens (tertiary/aromatic N) is 6. The molecule has 1 N–H and O–H groups in total. The number of carboxylic acids is 1. The topological polar surface area (TPSA) is 142 Å². The number of carbonyl (C=O) groups is 1. The Morgan fingerprint density at radius 2 is 0.658 bits per heavy atom. The molecule has 0 bridgehead atoms. The van der Waals surface area contributed by atoms with Crippen LogP contribution in [0.4, 0.5) is 0 Å². The maximum Gasteiger partial charge on any atom is 0.417 e. The Balaban J connectivity index is 1.19.